The van der Waals surface area contributed by atoms with Gasteiger partial charge in [-0.25, -0.2) is 0 Å². The molecule has 226 valence electrons. The van der Waals surface area contributed by atoms with Gasteiger partial charge >= 0.3 is 11.9 Å². The van der Waals surface area contributed by atoms with Crippen molar-refractivity contribution in [2.75, 3.05) is 20.8 Å². The van der Waals surface area contributed by atoms with Gasteiger partial charge in [0.1, 0.15) is 11.5 Å². The van der Waals surface area contributed by atoms with E-state index in [9.17, 15) is 30.0 Å². The minimum absolute atomic E-state index is 0.0966. The summed E-state index contributed by atoms with van der Waals surface area (Å²) in [5.74, 6) is -2.50. The van der Waals surface area contributed by atoms with E-state index in [2.05, 4.69) is 40.7 Å². The maximum Gasteiger partial charge on any atom is 0.315 e. The van der Waals surface area contributed by atoms with Crippen LogP contribution in [0.3, 0.4) is 0 Å². The number of fused-ring (bicyclic) bond motifs is 7. The molecule has 0 aromatic heterocycles. The molecule has 11 atom stereocenters. The third-order valence-corrected chi connectivity index (χ3v) is 13.9. The monoisotopic (exact) mass is 562 g/mol. The van der Waals surface area contributed by atoms with Crippen LogP contribution >= 0.6 is 0 Å². The highest BCUT2D eigenvalue weighted by atomic mass is 16.5. The first-order chi connectivity index (χ1) is 18.6. The zero-order valence-corrected chi connectivity index (χ0v) is 25.3. The van der Waals surface area contributed by atoms with Crippen LogP contribution in [0.4, 0.5) is 0 Å². The lowest BCUT2D eigenvalue weighted by atomic mass is 9.33. The van der Waals surface area contributed by atoms with Crippen molar-refractivity contribution in [3.8, 4) is 0 Å². The molecule has 0 spiro atoms. The number of aliphatic hydroxyl groups is 2. The van der Waals surface area contributed by atoms with E-state index in [0.717, 1.165) is 18.4 Å². The standard InChI is InChI=1S/C32H50O8/c1-27(2)12-14-31(25(35)36)15-13-29(4)18(22(31)23(27)34)8-9-20-28(3)16-19(39-6)24(40-7)32(17-33,26(37)38)21(28)10-11-30(20,29)5/h8,19-24,33-34H,9-17H2,1-7H3,(H,35,36)(H,37,38)/t19?,20?,21?,22?,23?,24?,28?,29?,30?,31?,32-/m0/s1. The molecular weight excluding hydrogens is 512 g/mol. The van der Waals surface area contributed by atoms with E-state index in [4.69, 9.17) is 9.47 Å². The molecule has 0 aromatic carbocycles. The van der Waals surface area contributed by atoms with Crippen LogP contribution in [0.5, 0.6) is 0 Å². The van der Waals surface area contributed by atoms with Gasteiger partial charge in [-0.15, -0.1) is 0 Å². The summed E-state index contributed by atoms with van der Waals surface area (Å²) >= 11 is 0. The van der Waals surface area contributed by atoms with Crippen molar-refractivity contribution in [2.24, 2.45) is 50.2 Å². The predicted octanol–water partition coefficient (Wildman–Crippen LogP) is 4.52. The maximum absolute atomic E-state index is 13.0. The van der Waals surface area contributed by atoms with Gasteiger partial charge in [0.25, 0.3) is 0 Å². The third-order valence-electron chi connectivity index (χ3n) is 13.9. The molecule has 5 aliphatic carbocycles. The van der Waals surface area contributed by atoms with Crippen LogP contribution in [-0.2, 0) is 19.1 Å². The molecule has 0 saturated heterocycles. The molecule has 0 amide bonds. The van der Waals surface area contributed by atoms with E-state index in [0.29, 0.717) is 38.5 Å². The van der Waals surface area contributed by atoms with Crippen molar-refractivity contribution in [2.45, 2.75) is 104 Å². The van der Waals surface area contributed by atoms with E-state index in [1.807, 2.05) is 0 Å². The lowest BCUT2D eigenvalue weighted by Gasteiger charge is -2.71. The number of carbonyl (C=O) groups is 2. The molecule has 0 radical (unpaired) electrons. The second-order valence-electron chi connectivity index (χ2n) is 15.3. The zero-order chi connectivity index (χ0) is 29.7. The lowest BCUT2D eigenvalue weighted by Crippen LogP contribution is -2.71. The Hall–Kier alpha value is -1.48. The van der Waals surface area contributed by atoms with Crippen LogP contribution in [0.1, 0.15) is 86.0 Å². The van der Waals surface area contributed by atoms with Gasteiger partial charge in [-0.05, 0) is 84.9 Å². The SMILES string of the molecule is COC1CC2(C)C3CC=C4C5C(O)C(C)(C)CCC5(C(=O)O)CCC4(C)C3(C)CCC2[C@](CO)(C(=O)O)C1OC. The fourth-order valence-electron chi connectivity index (χ4n) is 11.3. The summed E-state index contributed by atoms with van der Waals surface area (Å²) in [4.78, 5) is 25.9. The largest absolute Gasteiger partial charge is 0.481 e. The minimum atomic E-state index is -1.48. The van der Waals surface area contributed by atoms with E-state index in [-0.39, 0.29) is 28.1 Å². The van der Waals surface area contributed by atoms with Crippen molar-refractivity contribution in [1.29, 1.82) is 0 Å². The molecule has 40 heavy (non-hydrogen) atoms. The molecule has 0 aliphatic heterocycles. The Labute approximate surface area is 238 Å². The molecule has 10 unspecified atom stereocenters. The van der Waals surface area contributed by atoms with Gasteiger partial charge in [-0.1, -0.05) is 46.3 Å². The maximum atomic E-state index is 13.0. The number of hydrogen-bond donors (Lipinski definition) is 4. The summed E-state index contributed by atoms with van der Waals surface area (Å²) in [6.07, 6.45) is 5.42. The average Bonchev–Trinajstić information content (AvgIpc) is 2.89. The van der Waals surface area contributed by atoms with E-state index < -0.39 is 59.0 Å². The smallest absolute Gasteiger partial charge is 0.315 e. The van der Waals surface area contributed by atoms with Crippen molar-refractivity contribution in [3.05, 3.63) is 11.6 Å². The van der Waals surface area contributed by atoms with Crippen molar-refractivity contribution < 1.29 is 39.5 Å². The van der Waals surface area contributed by atoms with Gasteiger partial charge < -0.3 is 29.9 Å². The van der Waals surface area contributed by atoms with Crippen molar-refractivity contribution >= 4 is 11.9 Å². The number of carboxylic acid groups (broad SMARTS) is 2. The zero-order valence-electron chi connectivity index (χ0n) is 25.3. The molecule has 0 heterocycles. The molecule has 4 fully saturated rings. The van der Waals surface area contributed by atoms with Gasteiger partial charge in [-0.3, -0.25) is 9.59 Å². The molecular formula is C32H50O8. The van der Waals surface area contributed by atoms with Crippen LogP contribution in [0, 0.1) is 50.2 Å². The lowest BCUT2D eigenvalue weighted by molar-refractivity contribution is -0.259. The van der Waals surface area contributed by atoms with Crippen LogP contribution < -0.4 is 0 Å². The summed E-state index contributed by atoms with van der Waals surface area (Å²) < 4.78 is 11.7. The van der Waals surface area contributed by atoms with Gasteiger partial charge in [0.05, 0.1) is 24.2 Å². The van der Waals surface area contributed by atoms with Gasteiger partial charge in [0.15, 0.2) is 0 Å². The first-order valence-corrected chi connectivity index (χ1v) is 15.1. The fraction of sp³-hybridized carbons (Fsp3) is 0.875. The highest BCUT2D eigenvalue weighted by Gasteiger charge is 2.73. The van der Waals surface area contributed by atoms with E-state index in [1.54, 1.807) is 7.11 Å². The molecule has 4 saturated carbocycles. The molecule has 8 heteroatoms. The number of methoxy groups -OCH3 is 2. The number of allylic oxidation sites excluding steroid dienone is 1. The summed E-state index contributed by atoms with van der Waals surface area (Å²) in [5, 5.41) is 43.8. The van der Waals surface area contributed by atoms with Crippen molar-refractivity contribution in [1.82, 2.24) is 0 Å². The number of rotatable bonds is 5. The van der Waals surface area contributed by atoms with Crippen LogP contribution in [-0.4, -0.2) is 71.5 Å². The average molecular weight is 563 g/mol. The second-order valence-corrected chi connectivity index (χ2v) is 15.3. The predicted molar refractivity (Wildman–Crippen MR) is 148 cm³/mol. The fourth-order valence-corrected chi connectivity index (χ4v) is 11.3. The topological polar surface area (TPSA) is 134 Å². The van der Waals surface area contributed by atoms with Gasteiger partial charge in [0, 0.05) is 20.1 Å². The normalized spacial score (nSPS) is 51.4. The number of aliphatic carboxylic acids is 2. The Kier molecular flexibility index (Phi) is 6.94. The molecule has 4 N–H and O–H groups in total. The van der Waals surface area contributed by atoms with Gasteiger partial charge in [0.2, 0.25) is 0 Å². The highest BCUT2D eigenvalue weighted by molar-refractivity contribution is 5.78. The Morgan fingerprint density at radius 3 is 2.12 bits per heavy atom. The molecule has 0 bridgehead atoms. The highest BCUT2D eigenvalue weighted by Crippen LogP contribution is 2.76. The molecule has 5 aliphatic rings. The Morgan fingerprint density at radius 1 is 0.925 bits per heavy atom. The quantitative estimate of drug-likeness (QED) is 0.360. The van der Waals surface area contributed by atoms with Gasteiger partial charge in [-0.2, -0.15) is 0 Å². The Balaban J connectivity index is 1.66. The number of carboxylic acids is 2. The Bertz CT molecular complexity index is 1100. The summed E-state index contributed by atoms with van der Waals surface area (Å²) in [7, 11) is 3.09. The third kappa shape index (κ3) is 3.39. The Morgan fingerprint density at radius 2 is 1.57 bits per heavy atom. The van der Waals surface area contributed by atoms with Crippen LogP contribution in [0.2, 0.25) is 0 Å². The summed E-state index contributed by atoms with van der Waals surface area (Å²) in [6, 6.07) is 0. The summed E-state index contributed by atoms with van der Waals surface area (Å²) in [5.41, 5.74) is -2.76. The number of ether oxygens (including phenoxy) is 2. The second kappa shape index (κ2) is 9.26. The first-order valence-electron chi connectivity index (χ1n) is 15.1. The van der Waals surface area contributed by atoms with Crippen LogP contribution in [0.25, 0.3) is 0 Å². The summed E-state index contributed by atoms with van der Waals surface area (Å²) in [6.45, 7) is 10.4. The number of hydrogen-bond acceptors (Lipinski definition) is 6. The van der Waals surface area contributed by atoms with E-state index >= 15 is 0 Å². The van der Waals surface area contributed by atoms with Crippen LogP contribution in [0.15, 0.2) is 11.6 Å². The molecule has 5 rings (SSSR count). The van der Waals surface area contributed by atoms with Crippen molar-refractivity contribution in [3.63, 3.8) is 0 Å². The molecule has 0 aromatic rings. The number of aliphatic hydroxyl groups excluding tert-OH is 2. The first kappa shape index (κ1) is 30.0. The molecule has 8 nitrogen and oxygen atoms in total. The van der Waals surface area contributed by atoms with E-state index in [1.165, 1.54) is 7.11 Å². The minimum Gasteiger partial charge on any atom is -0.481 e.